The van der Waals surface area contributed by atoms with E-state index in [-0.39, 0.29) is 42.0 Å². The Bertz CT molecular complexity index is 437. The standard InChI is InChI=1S/C19H35N3O4.HI/c1-3-20-19(21-10-6-13-24-15-17-7-5-14-26-17)22-11-8-16(9-12-22)18(23)25-4-2;/h16-17H,3-15H2,1-2H3,(H,20,21);1H. The van der Waals surface area contributed by atoms with Gasteiger partial charge in [-0.1, -0.05) is 0 Å². The quantitative estimate of drug-likeness (QED) is 0.174. The summed E-state index contributed by atoms with van der Waals surface area (Å²) in [7, 11) is 0. The predicted molar refractivity (Wildman–Crippen MR) is 117 cm³/mol. The van der Waals surface area contributed by atoms with Gasteiger partial charge in [0, 0.05) is 39.4 Å². The molecule has 27 heavy (non-hydrogen) atoms. The van der Waals surface area contributed by atoms with Crippen LogP contribution in [0.1, 0.15) is 46.0 Å². The Morgan fingerprint density at radius 1 is 1.26 bits per heavy atom. The van der Waals surface area contributed by atoms with E-state index in [4.69, 9.17) is 19.2 Å². The van der Waals surface area contributed by atoms with Crippen molar-refractivity contribution < 1.29 is 19.0 Å². The van der Waals surface area contributed by atoms with E-state index in [0.29, 0.717) is 19.8 Å². The molecule has 2 aliphatic rings. The minimum absolute atomic E-state index is 0. The van der Waals surface area contributed by atoms with Gasteiger partial charge in [0.25, 0.3) is 0 Å². The van der Waals surface area contributed by atoms with Crippen molar-refractivity contribution in [2.24, 2.45) is 10.9 Å². The smallest absolute Gasteiger partial charge is 0.309 e. The number of likely N-dealkylation sites (tertiary alicyclic amines) is 1. The fourth-order valence-electron chi connectivity index (χ4n) is 3.36. The molecule has 0 spiro atoms. The van der Waals surface area contributed by atoms with E-state index in [0.717, 1.165) is 70.8 Å². The molecule has 0 radical (unpaired) electrons. The molecule has 0 aromatic heterocycles. The van der Waals surface area contributed by atoms with E-state index in [1.807, 2.05) is 6.92 Å². The highest BCUT2D eigenvalue weighted by molar-refractivity contribution is 14.0. The van der Waals surface area contributed by atoms with Gasteiger partial charge in [-0.05, 0) is 46.0 Å². The molecule has 1 atom stereocenters. The molecule has 0 amide bonds. The number of piperidine rings is 1. The highest BCUT2D eigenvalue weighted by Crippen LogP contribution is 2.18. The van der Waals surface area contributed by atoms with Crippen LogP contribution in [0.2, 0.25) is 0 Å². The van der Waals surface area contributed by atoms with Gasteiger partial charge in [0.15, 0.2) is 5.96 Å². The van der Waals surface area contributed by atoms with E-state index in [1.165, 1.54) is 0 Å². The van der Waals surface area contributed by atoms with E-state index in [9.17, 15) is 4.79 Å². The van der Waals surface area contributed by atoms with Crippen LogP contribution in [0.5, 0.6) is 0 Å². The van der Waals surface area contributed by atoms with Crippen LogP contribution in [0.25, 0.3) is 0 Å². The topological polar surface area (TPSA) is 72.4 Å². The number of halogens is 1. The Labute approximate surface area is 180 Å². The number of nitrogens with zero attached hydrogens (tertiary/aromatic N) is 2. The van der Waals surface area contributed by atoms with Crippen LogP contribution in [0.4, 0.5) is 0 Å². The Balaban J connectivity index is 0.00000364. The van der Waals surface area contributed by atoms with E-state index in [2.05, 4.69) is 17.1 Å². The third-order valence-corrected chi connectivity index (χ3v) is 4.79. The molecule has 0 saturated carbocycles. The van der Waals surface area contributed by atoms with Crippen molar-refractivity contribution in [3.63, 3.8) is 0 Å². The first-order valence-corrected chi connectivity index (χ1v) is 10.1. The summed E-state index contributed by atoms with van der Waals surface area (Å²) in [6.07, 6.45) is 5.11. The number of esters is 1. The summed E-state index contributed by atoms with van der Waals surface area (Å²) >= 11 is 0. The van der Waals surface area contributed by atoms with Crippen molar-refractivity contribution in [2.45, 2.75) is 52.1 Å². The van der Waals surface area contributed by atoms with Crippen LogP contribution in [-0.2, 0) is 19.0 Å². The molecule has 2 rings (SSSR count). The normalized spacial score (nSPS) is 21.0. The molecule has 2 saturated heterocycles. The summed E-state index contributed by atoms with van der Waals surface area (Å²) in [5.41, 5.74) is 0. The molecular formula is C19H36IN3O4. The molecule has 1 N–H and O–H groups in total. The zero-order valence-corrected chi connectivity index (χ0v) is 19.1. The van der Waals surface area contributed by atoms with E-state index >= 15 is 0 Å². The summed E-state index contributed by atoms with van der Waals surface area (Å²) in [4.78, 5) is 18.8. The fraction of sp³-hybridized carbons (Fsp3) is 0.895. The van der Waals surface area contributed by atoms with Crippen LogP contribution < -0.4 is 5.32 Å². The molecule has 2 aliphatic heterocycles. The second-order valence-corrected chi connectivity index (χ2v) is 6.81. The average molecular weight is 497 g/mol. The van der Waals surface area contributed by atoms with Gasteiger partial charge in [0.1, 0.15) is 0 Å². The number of carbonyl (C=O) groups excluding carboxylic acids is 1. The highest BCUT2D eigenvalue weighted by atomic mass is 127. The van der Waals surface area contributed by atoms with Crippen molar-refractivity contribution >= 4 is 35.9 Å². The largest absolute Gasteiger partial charge is 0.466 e. The van der Waals surface area contributed by atoms with Crippen molar-refractivity contribution in [1.82, 2.24) is 10.2 Å². The monoisotopic (exact) mass is 497 g/mol. The maximum absolute atomic E-state index is 11.9. The minimum atomic E-state index is -0.0579. The second-order valence-electron chi connectivity index (χ2n) is 6.81. The van der Waals surface area contributed by atoms with Crippen molar-refractivity contribution in [2.75, 3.05) is 52.6 Å². The fourth-order valence-corrected chi connectivity index (χ4v) is 3.36. The van der Waals surface area contributed by atoms with E-state index in [1.54, 1.807) is 0 Å². The lowest BCUT2D eigenvalue weighted by atomic mass is 9.97. The third-order valence-electron chi connectivity index (χ3n) is 4.79. The van der Waals surface area contributed by atoms with Gasteiger partial charge in [0.2, 0.25) is 0 Å². The van der Waals surface area contributed by atoms with Crippen LogP contribution >= 0.6 is 24.0 Å². The van der Waals surface area contributed by atoms with Gasteiger partial charge >= 0.3 is 5.97 Å². The average Bonchev–Trinajstić information content (AvgIpc) is 3.17. The van der Waals surface area contributed by atoms with Crippen molar-refractivity contribution in [1.29, 1.82) is 0 Å². The van der Waals surface area contributed by atoms with Gasteiger partial charge < -0.3 is 24.4 Å². The van der Waals surface area contributed by atoms with Gasteiger partial charge in [-0.15, -0.1) is 24.0 Å². The zero-order valence-electron chi connectivity index (χ0n) is 16.8. The number of ether oxygens (including phenoxy) is 3. The molecule has 0 aromatic carbocycles. The molecule has 8 heteroatoms. The van der Waals surface area contributed by atoms with Crippen LogP contribution in [0.15, 0.2) is 4.99 Å². The summed E-state index contributed by atoms with van der Waals surface area (Å²) in [6.45, 7) is 9.93. The molecule has 2 fully saturated rings. The Morgan fingerprint density at radius 3 is 2.67 bits per heavy atom. The Morgan fingerprint density at radius 2 is 2.04 bits per heavy atom. The first kappa shape index (κ1) is 24.4. The highest BCUT2D eigenvalue weighted by Gasteiger charge is 2.27. The molecule has 7 nitrogen and oxygen atoms in total. The van der Waals surface area contributed by atoms with Crippen molar-refractivity contribution in [3.05, 3.63) is 0 Å². The number of hydrogen-bond acceptors (Lipinski definition) is 5. The third kappa shape index (κ3) is 8.95. The summed E-state index contributed by atoms with van der Waals surface area (Å²) in [5, 5.41) is 3.36. The molecule has 1 unspecified atom stereocenters. The lowest BCUT2D eigenvalue weighted by Gasteiger charge is -2.33. The number of guanidine groups is 1. The molecular weight excluding hydrogens is 461 g/mol. The lowest BCUT2D eigenvalue weighted by molar-refractivity contribution is -0.149. The van der Waals surface area contributed by atoms with Crippen LogP contribution in [0.3, 0.4) is 0 Å². The summed E-state index contributed by atoms with van der Waals surface area (Å²) < 4.78 is 16.4. The molecule has 158 valence electrons. The minimum Gasteiger partial charge on any atom is -0.466 e. The number of hydrogen-bond donors (Lipinski definition) is 1. The van der Waals surface area contributed by atoms with Gasteiger partial charge in [0.05, 0.1) is 25.2 Å². The summed E-state index contributed by atoms with van der Waals surface area (Å²) in [5.74, 6) is 0.909. The number of nitrogens with one attached hydrogen (secondary N) is 1. The maximum atomic E-state index is 11.9. The van der Waals surface area contributed by atoms with Gasteiger partial charge in [-0.3, -0.25) is 9.79 Å². The SMILES string of the molecule is CCNC(=NCCCOCC1CCCO1)N1CCC(C(=O)OCC)CC1.I. The van der Waals surface area contributed by atoms with Crippen molar-refractivity contribution in [3.8, 4) is 0 Å². The molecule has 0 aliphatic carbocycles. The number of aliphatic imine (C=N–C) groups is 1. The zero-order chi connectivity index (χ0) is 18.6. The van der Waals surface area contributed by atoms with E-state index < -0.39 is 0 Å². The van der Waals surface area contributed by atoms with Crippen LogP contribution in [-0.4, -0.2) is 75.5 Å². The molecule has 0 bridgehead atoms. The number of carbonyl (C=O) groups is 1. The Kier molecular flexibility index (Phi) is 13.0. The first-order chi connectivity index (χ1) is 12.7. The predicted octanol–water partition coefficient (Wildman–Crippen LogP) is 2.43. The number of rotatable bonds is 9. The summed E-state index contributed by atoms with van der Waals surface area (Å²) in [6, 6.07) is 0. The van der Waals surface area contributed by atoms with Crippen LogP contribution in [0, 0.1) is 5.92 Å². The lowest BCUT2D eigenvalue weighted by Crippen LogP contribution is -2.46. The maximum Gasteiger partial charge on any atom is 0.309 e. The first-order valence-electron chi connectivity index (χ1n) is 10.1. The molecule has 0 aromatic rings. The second kappa shape index (κ2) is 14.4. The molecule has 2 heterocycles. The van der Waals surface area contributed by atoms with Gasteiger partial charge in [-0.25, -0.2) is 0 Å². The van der Waals surface area contributed by atoms with Gasteiger partial charge in [-0.2, -0.15) is 0 Å². The Hall–Kier alpha value is -0.610.